The van der Waals surface area contributed by atoms with Gasteiger partial charge in [0.2, 0.25) is 5.78 Å². The number of amides is 1. The lowest BCUT2D eigenvalue weighted by Crippen LogP contribution is -2.65. The molecule has 0 saturated heterocycles. The summed E-state index contributed by atoms with van der Waals surface area (Å²) in [5.41, 5.74) is -1.34. The lowest BCUT2D eigenvalue weighted by Gasteiger charge is -2.50. The first-order valence-electron chi connectivity index (χ1n) is 12.0. The molecule has 0 spiro atoms. The highest BCUT2D eigenvalue weighted by molar-refractivity contribution is 6.25. The van der Waals surface area contributed by atoms with Crippen LogP contribution in [0.15, 0.2) is 23.0 Å². The molecule has 11 nitrogen and oxygen atoms in total. The summed E-state index contributed by atoms with van der Waals surface area (Å²) in [5, 5.41) is 37.1. The minimum Gasteiger partial charge on any atom is -0.508 e. The molecular weight excluding hydrogens is 482 g/mol. The summed E-state index contributed by atoms with van der Waals surface area (Å²) in [4.78, 5) is 54.9. The number of nitrogens with one attached hydrogen (secondary N) is 1. The Balaban J connectivity index is 1.77. The van der Waals surface area contributed by atoms with Gasteiger partial charge in [0.25, 0.3) is 5.91 Å². The molecule has 196 valence electrons. The first-order valence-corrected chi connectivity index (χ1v) is 12.0. The average Bonchev–Trinajstić information content (AvgIpc) is 2.80. The normalized spacial score (nSPS) is 28.7. The van der Waals surface area contributed by atoms with Gasteiger partial charge in [0.15, 0.2) is 29.5 Å². The highest BCUT2D eigenvalue weighted by Crippen LogP contribution is 2.55. The van der Waals surface area contributed by atoms with Crippen molar-refractivity contribution in [3.05, 3.63) is 34.1 Å². The summed E-state index contributed by atoms with van der Waals surface area (Å²) < 4.78 is 5.67. The van der Waals surface area contributed by atoms with E-state index >= 15 is 0 Å². The Morgan fingerprint density at radius 2 is 1.84 bits per heavy atom. The fourth-order valence-corrected chi connectivity index (χ4v) is 6.35. The SMILES string of the molecule is CC(=O)C1=C(O)[C@@]2(O)C(=O)C3=C(O)c4c(c(N(C)C)cc5c4OCC(=O)N5)C[C@H]3C[C@H]2[C@H](N(C)C)C1=O. The molecule has 4 N–H and O–H groups in total. The van der Waals surface area contributed by atoms with Crippen LogP contribution in [0.1, 0.15) is 24.5 Å². The molecular formula is C26H29N3O8. The van der Waals surface area contributed by atoms with Crippen LogP contribution in [-0.2, 0) is 25.6 Å². The number of nitrogens with zero attached hydrogens (tertiary/aromatic N) is 2. The van der Waals surface area contributed by atoms with E-state index in [1.54, 1.807) is 20.2 Å². The molecule has 5 rings (SSSR count). The quantitative estimate of drug-likeness (QED) is 0.427. The fraction of sp³-hybridized carbons (Fsp3) is 0.462. The van der Waals surface area contributed by atoms with E-state index in [-0.39, 0.29) is 42.2 Å². The van der Waals surface area contributed by atoms with Crippen LogP contribution < -0.4 is 15.0 Å². The maximum atomic E-state index is 14.0. The molecule has 4 aliphatic rings. The maximum Gasteiger partial charge on any atom is 0.262 e. The first-order chi connectivity index (χ1) is 17.3. The summed E-state index contributed by atoms with van der Waals surface area (Å²) in [5.74, 6) is -5.57. The van der Waals surface area contributed by atoms with E-state index in [9.17, 15) is 34.5 Å². The number of aliphatic hydroxyl groups excluding tert-OH is 2. The van der Waals surface area contributed by atoms with Gasteiger partial charge >= 0.3 is 0 Å². The molecule has 1 heterocycles. The van der Waals surface area contributed by atoms with Crippen LogP contribution in [-0.4, -0.2) is 89.9 Å². The monoisotopic (exact) mass is 511 g/mol. The van der Waals surface area contributed by atoms with Crippen molar-refractivity contribution in [3.8, 4) is 5.75 Å². The number of fused-ring (bicyclic) bond motifs is 5. The molecule has 0 radical (unpaired) electrons. The Morgan fingerprint density at radius 1 is 1.16 bits per heavy atom. The standard InChI is InChI=1S/C26H29N3O8/c1-10(30)17-22(33)20(29(4)5)13-7-11-6-12-15(28(2)3)8-14-23(37-9-16(31)27-14)19(12)21(32)18(11)25(35)26(13,36)24(17)34/h8,11,13,20,32,34,36H,6-7,9H2,1-5H3,(H,27,31)/t11-,13-,20-,26+/m0/s1. The van der Waals surface area contributed by atoms with Crippen LogP contribution in [0.4, 0.5) is 11.4 Å². The molecule has 1 aliphatic heterocycles. The third-order valence-electron chi connectivity index (χ3n) is 7.89. The largest absolute Gasteiger partial charge is 0.508 e. The zero-order chi connectivity index (χ0) is 27.1. The number of aliphatic hydroxyl groups is 3. The van der Waals surface area contributed by atoms with Crippen molar-refractivity contribution < 1.29 is 39.2 Å². The topological polar surface area (TPSA) is 157 Å². The first kappa shape index (κ1) is 25.0. The molecule has 1 amide bonds. The van der Waals surface area contributed by atoms with E-state index in [0.717, 1.165) is 6.92 Å². The number of rotatable bonds is 3. The van der Waals surface area contributed by atoms with E-state index in [0.29, 0.717) is 16.9 Å². The summed E-state index contributed by atoms with van der Waals surface area (Å²) in [7, 11) is 6.83. The van der Waals surface area contributed by atoms with E-state index in [2.05, 4.69) is 5.32 Å². The predicted molar refractivity (Wildman–Crippen MR) is 133 cm³/mol. The van der Waals surface area contributed by atoms with Crippen molar-refractivity contribution in [2.75, 3.05) is 45.0 Å². The van der Waals surface area contributed by atoms with Crippen molar-refractivity contribution in [1.29, 1.82) is 0 Å². The second kappa shape index (κ2) is 8.15. The summed E-state index contributed by atoms with van der Waals surface area (Å²) >= 11 is 0. The molecule has 1 aromatic rings. The van der Waals surface area contributed by atoms with Crippen LogP contribution in [0.25, 0.3) is 5.76 Å². The van der Waals surface area contributed by atoms with Gasteiger partial charge in [-0.1, -0.05) is 0 Å². The van der Waals surface area contributed by atoms with Gasteiger partial charge in [0, 0.05) is 31.3 Å². The number of hydrogen-bond donors (Lipinski definition) is 4. The number of hydrogen-bond acceptors (Lipinski definition) is 10. The number of Topliss-reactive ketones (excluding diaryl/α,β-unsaturated/α-hetero) is 3. The van der Waals surface area contributed by atoms with Crippen LogP contribution in [0.2, 0.25) is 0 Å². The zero-order valence-corrected chi connectivity index (χ0v) is 21.2. The minimum atomic E-state index is -2.57. The molecule has 11 heteroatoms. The number of anilines is 2. The van der Waals surface area contributed by atoms with Gasteiger partial charge in [-0.2, -0.15) is 0 Å². The van der Waals surface area contributed by atoms with Crippen LogP contribution in [0, 0.1) is 11.8 Å². The molecule has 1 aromatic carbocycles. The Kier molecular flexibility index (Phi) is 5.50. The van der Waals surface area contributed by atoms with Crippen LogP contribution >= 0.6 is 0 Å². The van der Waals surface area contributed by atoms with E-state index in [1.807, 2.05) is 19.0 Å². The highest BCUT2D eigenvalue weighted by Gasteiger charge is 2.64. The molecule has 0 bridgehead atoms. The molecule has 1 fully saturated rings. The van der Waals surface area contributed by atoms with E-state index in [1.165, 1.54) is 4.90 Å². The lowest BCUT2D eigenvalue weighted by atomic mass is 9.57. The Hall–Kier alpha value is -3.70. The second-order valence-corrected chi connectivity index (χ2v) is 10.5. The molecule has 1 saturated carbocycles. The summed E-state index contributed by atoms with van der Waals surface area (Å²) in [6.45, 7) is 0.815. The predicted octanol–water partition coefficient (Wildman–Crippen LogP) is 0.759. The molecule has 37 heavy (non-hydrogen) atoms. The molecule has 0 aromatic heterocycles. The summed E-state index contributed by atoms with van der Waals surface area (Å²) in [6.07, 6.45) is 0.371. The number of carbonyl (C=O) groups excluding carboxylic acids is 4. The van der Waals surface area contributed by atoms with Crippen molar-refractivity contribution in [2.45, 2.75) is 31.4 Å². The molecule has 4 atom stereocenters. The molecule has 3 aliphatic carbocycles. The third kappa shape index (κ3) is 3.27. The smallest absolute Gasteiger partial charge is 0.262 e. The van der Waals surface area contributed by atoms with Gasteiger partial charge in [0.05, 0.1) is 17.3 Å². The van der Waals surface area contributed by atoms with Gasteiger partial charge in [-0.15, -0.1) is 0 Å². The summed E-state index contributed by atoms with van der Waals surface area (Å²) in [6, 6.07) is 0.703. The number of benzene rings is 1. The molecule has 0 unspecified atom stereocenters. The fourth-order valence-electron chi connectivity index (χ4n) is 6.35. The van der Waals surface area contributed by atoms with Gasteiger partial charge in [-0.25, -0.2) is 0 Å². The van der Waals surface area contributed by atoms with Crippen molar-refractivity contribution in [1.82, 2.24) is 4.90 Å². The Morgan fingerprint density at radius 3 is 2.43 bits per heavy atom. The number of ketones is 3. The third-order valence-corrected chi connectivity index (χ3v) is 7.89. The second-order valence-electron chi connectivity index (χ2n) is 10.5. The number of carbonyl (C=O) groups is 4. The van der Waals surface area contributed by atoms with Crippen molar-refractivity contribution in [3.63, 3.8) is 0 Å². The maximum absolute atomic E-state index is 14.0. The lowest BCUT2D eigenvalue weighted by molar-refractivity contribution is -0.153. The number of ether oxygens (including phenoxy) is 1. The number of likely N-dealkylation sites (N-methyl/N-ethyl adjacent to an activating group) is 1. The zero-order valence-electron chi connectivity index (χ0n) is 21.2. The van der Waals surface area contributed by atoms with E-state index in [4.69, 9.17) is 4.74 Å². The van der Waals surface area contributed by atoms with Gasteiger partial charge in [-0.05, 0) is 51.4 Å². The van der Waals surface area contributed by atoms with Gasteiger partial charge in [-0.3, -0.25) is 24.1 Å². The average molecular weight is 512 g/mol. The minimum absolute atomic E-state index is 0.0897. The van der Waals surface area contributed by atoms with Crippen LogP contribution in [0.3, 0.4) is 0 Å². The van der Waals surface area contributed by atoms with Gasteiger partial charge in [0.1, 0.15) is 17.1 Å². The Bertz CT molecular complexity index is 1360. The Labute approximate surface area is 213 Å². The van der Waals surface area contributed by atoms with Gasteiger partial charge < -0.3 is 30.3 Å². The van der Waals surface area contributed by atoms with E-state index < -0.39 is 57.9 Å². The van der Waals surface area contributed by atoms with Crippen molar-refractivity contribution >= 4 is 40.4 Å². The van der Waals surface area contributed by atoms with Crippen molar-refractivity contribution in [2.24, 2.45) is 11.8 Å². The highest BCUT2D eigenvalue weighted by atomic mass is 16.5. The van der Waals surface area contributed by atoms with Crippen LogP contribution in [0.5, 0.6) is 5.75 Å².